The Morgan fingerprint density at radius 3 is 0.320 bits per heavy atom. The Kier molecular flexibility index (Phi) is 79.4. The minimum Gasteiger partial charge on any atom is -0.0654 e. The van der Waals surface area contributed by atoms with Crippen LogP contribution in [0.4, 0.5) is 0 Å². The van der Waals surface area contributed by atoms with Crippen LogP contribution in [0.5, 0.6) is 0 Å². The van der Waals surface area contributed by atoms with Crippen LogP contribution < -0.4 is 29.4 Å². The molecule has 0 unspecified atom stereocenters. The van der Waals surface area contributed by atoms with E-state index in [1.807, 2.05) is 0 Å². The summed E-state index contributed by atoms with van der Waals surface area (Å²) in [5, 5.41) is 0. The van der Waals surface area contributed by atoms with E-state index in [2.05, 4.69) is 27.7 Å². The summed E-state index contributed by atoms with van der Waals surface area (Å²) in [5.41, 5.74) is 0. The Hall–Kier alpha value is 5.33. The van der Waals surface area contributed by atoms with Crippen LogP contribution in [0.1, 0.15) is 387 Å². The molecule has 0 saturated carbocycles. The van der Waals surface area contributed by atoms with Crippen molar-refractivity contribution in [3.63, 3.8) is 0 Å². The average Bonchev–Trinajstić information content (AvgIpc) is 3.34. The first-order valence-electron chi connectivity index (χ1n) is 33.2. The van der Waals surface area contributed by atoms with E-state index in [4.69, 9.17) is 0 Å². The molecule has 440 valence electrons. The molecule has 0 bridgehead atoms. The van der Waals surface area contributed by atoms with E-state index in [1.54, 1.807) is 0 Å². The summed E-state index contributed by atoms with van der Waals surface area (Å²) in [6, 6.07) is 0. The average molecular weight is 1470 g/mol. The normalized spacial score (nSPS) is 12.7. The van der Waals surface area contributed by atoms with Gasteiger partial charge in [0, 0.05) is 0 Å². The molecule has 6 nitrogen and oxygen atoms in total. The molecule has 0 aliphatic heterocycles. The fraction of sp³-hybridized carbons (Fsp3) is 1.00. The molecule has 0 aliphatic rings. The van der Waals surface area contributed by atoms with Crippen LogP contribution in [-0.2, 0) is 0 Å². The van der Waals surface area contributed by atoms with Crippen LogP contribution in [-0.4, -0.2) is 171 Å². The van der Waals surface area contributed by atoms with Gasteiger partial charge in [0.1, 0.15) is 0 Å². The van der Waals surface area contributed by atoms with Crippen molar-refractivity contribution in [2.45, 2.75) is 387 Å². The maximum absolute atomic E-state index is 12.3. The third-order valence-electron chi connectivity index (χ3n) is 15.8. The second kappa shape index (κ2) is 66.9. The van der Waals surface area contributed by atoms with Gasteiger partial charge < -0.3 is 0 Å². The molecule has 0 spiro atoms. The molecule has 0 amide bonds. The van der Waals surface area contributed by atoms with E-state index >= 15 is 0 Å². The van der Waals surface area contributed by atoms with Crippen LogP contribution in [0.15, 0.2) is 0 Å². The zero-order valence-corrected chi connectivity index (χ0v) is 67.0. The van der Waals surface area contributed by atoms with Gasteiger partial charge in [0.05, 0.1) is 0 Å². The van der Waals surface area contributed by atoms with Crippen LogP contribution in [0, 0.1) is 0 Å². The first-order chi connectivity index (χ1) is 34.8. The molecule has 0 rings (SSSR count). The van der Waals surface area contributed by atoms with Crippen LogP contribution in [0.3, 0.4) is 0 Å². The summed E-state index contributed by atoms with van der Waals surface area (Å²) in [6.45, 7) is 9.05. The smallest absolute Gasteiger partial charge is 0.0654 e. The third kappa shape index (κ3) is 79.3. The van der Waals surface area contributed by atoms with E-state index in [1.165, 1.54) is 283 Å². The standard InChI is InChI=1S/2C32H66O3P.3Ba/c2*1-3-5-7-9-11-13-15-17-19-21-23-25-27-29-31-36(33,34,35)32-30-28-26-24-22-20-18-16-14-12-10-8-6-4-2;;;/h2*3-32H2,1-2H3;;;/q2*-3;3*+2. The SMILES string of the molecule is CCCCCCCCCCCCCCCCP([O-])([O-])([O-])CCCCCCCCCCCCCCCC.CCCCCCCCCCCCCCCCP([O-])([O-])([O-])CCCCCCCCCCCCCCCC.[Ba+2].[Ba+2].[Ba+2]. The molecule has 0 aromatic carbocycles. The van der Waals surface area contributed by atoms with Gasteiger partial charge in [-0.3, -0.25) is 0 Å². The van der Waals surface area contributed by atoms with Crippen molar-refractivity contribution < 1.29 is 29.4 Å². The molecule has 0 aromatic heterocycles. The number of rotatable bonds is 60. The summed E-state index contributed by atoms with van der Waals surface area (Å²) >= 11 is 0. The van der Waals surface area contributed by atoms with Crippen molar-refractivity contribution in [2.24, 2.45) is 0 Å². The summed E-state index contributed by atoms with van der Waals surface area (Å²) in [4.78, 5) is 74.0. The van der Waals surface area contributed by atoms with Crippen molar-refractivity contribution in [3.8, 4) is 0 Å². The first kappa shape index (κ1) is 89.1. The Labute approximate surface area is 593 Å². The molecule has 0 N–H and O–H groups in total. The first-order valence-corrected chi connectivity index (χ1v) is 37.9. The molecule has 11 heteroatoms. The zero-order chi connectivity index (χ0) is 53.3. The molecule has 0 heterocycles. The van der Waals surface area contributed by atoms with Crippen molar-refractivity contribution in [3.05, 3.63) is 0 Å². The van der Waals surface area contributed by atoms with Crippen LogP contribution >= 0.6 is 14.6 Å². The molecule has 75 heavy (non-hydrogen) atoms. The van der Waals surface area contributed by atoms with E-state index in [9.17, 15) is 29.4 Å². The van der Waals surface area contributed by atoms with Gasteiger partial charge >= 0.3 is 498 Å². The molecular weight excluding hydrogens is 1340 g/mol. The number of unbranched alkanes of at least 4 members (excludes halogenated alkanes) is 52. The van der Waals surface area contributed by atoms with Crippen LogP contribution in [0.2, 0.25) is 0 Å². The van der Waals surface area contributed by atoms with Gasteiger partial charge in [0.2, 0.25) is 0 Å². The Morgan fingerprint density at radius 2 is 0.227 bits per heavy atom. The van der Waals surface area contributed by atoms with Gasteiger partial charge in [0.25, 0.3) is 0 Å². The molecule has 0 saturated heterocycles. The van der Waals surface area contributed by atoms with Crippen LogP contribution in [0.25, 0.3) is 0 Å². The second-order valence-corrected chi connectivity index (χ2v) is 30.4. The van der Waals surface area contributed by atoms with Crippen molar-refractivity contribution >= 4 is 161 Å². The molecule has 0 aliphatic carbocycles. The van der Waals surface area contributed by atoms with Gasteiger partial charge in [-0.05, 0) is 0 Å². The Balaban J connectivity index is -0.000000419. The second-order valence-electron chi connectivity index (χ2n) is 23.7. The van der Waals surface area contributed by atoms with Gasteiger partial charge in [-0.15, -0.1) is 0 Å². The van der Waals surface area contributed by atoms with Crippen molar-refractivity contribution in [2.75, 3.05) is 24.6 Å². The maximum atomic E-state index is 12.3. The van der Waals surface area contributed by atoms with Gasteiger partial charge in [-0.2, -0.15) is 0 Å². The van der Waals surface area contributed by atoms with E-state index in [0.717, 1.165) is 51.4 Å². The predicted molar refractivity (Wildman–Crippen MR) is 332 cm³/mol. The molecule has 0 fully saturated rings. The Bertz CT molecular complexity index is 892. The van der Waals surface area contributed by atoms with Crippen molar-refractivity contribution in [1.29, 1.82) is 0 Å². The summed E-state index contributed by atoms with van der Waals surface area (Å²) in [6.07, 6.45) is 68.5. The van der Waals surface area contributed by atoms with Gasteiger partial charge in [0.15, 0.2) is 0 Å². The fourth-order valence-electron chi connectivity index (χ4n) is 10.7. The third-order valence-corrected chi connectivity index (χ3v) is 20.5. The van der Waals surface area contributed by atoms with Gasteiger partial charge in [-0.1, -0.05) is 105 Å². The molecule has 0 aromatic rings. The Morgan fingerprint density at radius 1 is 0.147 bits per heavy atom. The van der Waals surface area contributed by atoms with E-state index in [0.29, 0.717) is 25.7 Å². The zero-order valence-electron chi connectivity index (χ0n) is 51.9. The van der Waals surface area contributed by atoms with Crippen molar-refractivity contribution in [1.82, 2.24) is 0 Å². The quantitative estimate of drug-likeness (QED) is 0.0338. The predicted octanol–water partition coefficient (Wildman–Crippen LogP) is 17.5. The minimum atomic E-state index is -5.13. The topological polar surface area (TPSA) is 138 Å². The fourth-order valence-corrected chi connectivity index (χ4v) is 14.5. The number of hydrogen-bond donors (Lipinski definition) is 0. The summed E-state index contributed by atoms with van der Waals surface area (Å²) < 4.78 is 0. The molecule has 0 radical (unpaired) electrons. The summed E-state index contributed by atoms with van der Waals surface area (Å²) in [5.74, 6) is 0. The van der Waals surface area contributed by atoms with E-state index in [-0.39, 0.29) is 171 Å². The summed E-state index contributed by atoms with van der Waals surface area (Å²) in [7, 11) is -10.3. The molecule has 0 atom stereocenters. The number of hydrogen-bond acceptors (Lipinski definition) is 6. The molecular formula is C64H132Ba3O6P2. The monoisotopic (exact) mass is 1470 g/mol. The van der Waals surface area contributed by atoms with E-state index < -0.39 is 14.6 Å². The minimum absolute atomic E-state index is 0. The van der Waals surface area contributed by atoms with Gasteiger partial charge in [-0.25, -0.2) is 0 Å².